The lowest BCUT2D eigenvalue weighted by atomic mass is 9.94. The van der Waals surface area contributed by atoms with Gasteiger partial charge in [-0.25, -0.2) is 0 Å². The fourth-order valence-electron chi connectivity index (χ4n) is 2.80. The molecule has 0 fully saturated rings. The monoisotopic (exact) mass is 281 g/mol. The Morgan fingerprint density at radius 1 is 1.00 bits per heavy atom. The topological polar surface area (TPSA) is 12.0 Å². The van der Waals surface area contributed by atoms with Crippen LogP contribution in [0.3, 0.4) is 0 Å². The predicted octanol–water partition coefficient (Wildman–Crippen LogP) is 5.42. The Kier molecular flexibility index (Phi) is 5.58. The lowest BCUT2D eigenvalue weighted by Crippen LogP contribution is -2.21. The zero-order valence-corrected chi connectivity index (χ0v) is 13.7. The molecule has 21 heavy (non-hydrogen) atoms. The number of nitrogens with one attached hydrogen (secondary N) is 1. The van der Waals surface area contributed by atoms with Gasteiger partial charge in [0.15, 0.2) is 0 Å². The van der Waals surface area contributed by atoms with Crippen molar-refractivity contribution in [2.45, 2.75) is 46.6 Å². The highest BCUT2D eigenvalue weighted by Gasteiger charge is 2.10. The second-order valence-corrected chi connectivity index (χ2v) is 5.79. The van der Waals surface area contributed by atoms with Gasteiger partial charge in [0.2, 0.25) is 0 Å². The number of aryl methyl sites for hydroxylation is 1. The summed E-state index contributed by atoms with van der Waals surface area (Å²) < 4.78 is 0. The van der Waals surface area contributed by atoms with Crippen molar-refractivity contribution in [3.05, 3.63) is 59.2 Å². The van der Waals surface area contributed by atoms with Gasteiger partial charge in [0.25, 0.3) is 0 Å². The summed E-state index contributed by atoms with van der Waals surface area (Å²) in [5.41, 5.74) is 6.80. The lowest BCUT2D eigenvalue weighted by Gasteiger charge is -2.18. The van der Waals surface area contributed by atoms with E-state index in [0.29, 0.717) is 6.04 Å². The summed E-state index contributed by atoms with van der Waals surface area (Å²) in [6.45, 7) is 9.93. The van der Waals surface area contributed by atoms with Gasteiger partial charge < -0.3 is 5.32 Å². The Balaban J connectivity index is 2.34. The van der Waals surface area contributed by atoms with Gasteiger partial charge in [-0.05, 0) is 67.1 Å². The van der Waals surface area contributed by atoms with Gasteiger partial charge in [0, 0.05) is 6.04 Å². The van der Waals surface area contributed by atoms with Crippen molar-refractivity contribution >= 4 is 0 Å². The zero-order valence-electron chi connectivity index (χ0n) is 13.7. The van der Waals surface area contributed by atoms with E-state index >= 15 is 0 Å². The maximum absolute atomic E-state index is 3.64. The van der Waals surface area contributed by atoms with Crippen molar-refractivity contribution in [2.75, 3.05) is 6.54 Å². The Morgan fingerprint density at radius 2 is 1.76 bits per heavy atom. The maximum Gasteiger partial charge on any atom is 0.0317 e. The second kappa shape index (κ2) is 7.42. The van der Waals surface area contributed by atoms with Crippen LogP contribution in [0.2, 0.25) is 0 Å². The Labute approximate surface area is 129 Å². The third-order valence-electron chi connectivity index (χ3n) is 4.25. The summed E-state index contributed by atoms with van der Waals surface area (Å²) in [7, 11) is 0. The minimum absolute atomic E-state index is 0.454. The summed E-state index contributed by atoms with van der Waals surface area (Å²) in [6.07, 6.45) is 2.30. The van der Waals surface area contributed by atoms with Crippen molar-refractivity contribution in [1.82, 2.24) is 5.32 Å². The molecule has 1 unspecified atom stereocenters. The molecule has 112 valence electrons. The van der Waals surface area contributed by atoms with Gasteiger partial charge in [-0.3, -0.25) is 0 Å². The van der Waals surface area contributed by atoms with E-state index in [4.69, 9.17) is 0 Å². The van der Waals surface area contributed by atoms with Crippen molar-refractivity contribution in [2.24, 2.45) is 0 Å². The van der Waals surface area contributed by atoms with Crippen LogP contribution in [-0.2, 0) is 0 Å². The van der Waals surface area contributed by atoms with Crippen molar-refractivity contribution in [3.63, 3.8) is 0 Å². The SMILES string of the molecule is CCCNC(CC)c1cccc(-c2cccc(C)c2C)c1. The van der Waals surface area contributed by atoms with E-state index < -0.39 is 0 Å². The van der Waals surface area contributed by atoms with Crippen LogP contribution in [0, 0.1) is 13.8 Å². The highest BCUT2D eigenvalue weighted by Crippen LogP contribution is 2.28. The fourth-order valence-corrected chi connectivity index (χ4v) is 2.80. The highest BCUT2D eigenvalue weighted by atomic mass is 14.9. The molecule has 0 spiro atoms. The molecule has 0 aliphatic rings. The van der Waals surface area contributed by atoms with Crippen LogP contribution in [-0.4, -0.2) is 6.54 Å². The molecule has 2 rings (SSSR count). The molecule has 0 aliphatic carbocycles. The molecule has 1 atom stereocenters. The first kappa shape index (κ1) is 15.8. The lowest BCUT2D eigenvalue weighted by molar-refractivity contribution is 0.518. The molecule has 2 aromatic rings. The number of hydrogen-bond acceptors (Lipinski definition) is 1. The van der Waals surface area contributed by atoms with Crippen LogP contribution < -0.4 is 5.32 Å². The van der Waals surface area contributed by atoms with Crippen molar-refractivity contribution in [3.8, 4) is 11.1 Å². The fraction of sp³-hybridized carbons (Fsp3) is 0.400. The first-order valence-corrected chi connectivity index (χ1v) is 8.07. The Bertz CT molecular complexity index is 586. The smallest absolute Gasteiger partial charge is 0.0317 e. The molecule has 1 N–H and O–H groups in total. The molecule has 1 nitrogen and oxygen atoms in total. The standard InChI is InChI=1S/C20H27N/c1-5-13-21-20(6-2)18-11-8-10-17(14-18)19-12-7-9-15(3)16(19)4/h7-12,14,20-21H,5-6,13H2,1-4H3. The first-order valence-electron chi connectivity index (χ1n) is 8.07. The van der Waals surface area contributed by atoms with E-state index in [2.05, 4.69) is 75.5 Å². The number of rotatable bonds is 6. The zero-order chi connectivity index (χ0) is 15.2. The highest BCUT2D eigenvalue weighted by molar-refractivity contribution is 5.69. The summed E-state index contributed by atoms with van der Waals surface area (Å²) in [4.78, 5) is 0. The van der Waals surface area contributed by atoms with E-state index in [1.54, 1.807) is 0 Å². The van der Waals surface area contributed by atoms with Crippen LogP contribution in [0.5, 0.6) is 0 Å². The van der Waals surface area contributed by atoms with Crippen molar-refractivity contribution in [1.29, 1.82) is 0 Å². The molecule has 0 saturated heterocycles. The molecule has 0 heterocycles. The second-order valence-electron chi connectivity index (χ2n) is 5.79. The average molecular weight is 281 g/mol. The third kappa shape index (κ3) is 3.74. The molecular formula is C20H27N. The van der Waals surface area contributed by atoms with Crippen LogP contribution in [0.15, 0.2) is 42.5 Å². The van der Waals surface area contributed by atoms with Gasteiger partial charge in [-0.2, -0.15) is 0 Å². The normalized spacial score (nSPS) is 12.4. The molecular weight excluding hydrogens is 254 g/mol. The van der Waals surface area contributed by atoms with Crippen LogP contribution in [0.25, 0.3) is 11.1 Å². The van der Waals surface area contributed by atoms with E-state index in [9.17, 15) is 0 Å². The first-order chi connectivity index (χ1) is 10.2. The summed E-state index contributed by atoms with van der Waals surface area (Å²) in [5, 5.41) is 3.64. The van der Waals surface area contributed by atoms with Crippen LogP contribution >= 0.6 is 0 Å². The Hall–Kier alpha value is -1.60. The van der Waals surface area contributed by atoms with Crippen molar-refractivity contribution < 1.29 is 0 Å². The molecule has 0 aromatic heterocycles. The molecule has 0 radical (unpaired) electrons. The van der Waals surface area contributed by atoms with E-state index in [1.165, 1.54) is 34.2 Å². The molecule has 1 heteroatoms. The van der Waals surface area contributed by atoms with Gasteiger partial charge >= 0.3 is 0 Å². The number of benzene rings is 2. The molecule has 0 saturated carbocycles. The van der Waals surface area contributed by atoms with Crippen LogP contribution in [0.1, 0.15) is 49.4 Å². The quantitative estimate of drug-likeness (QED) is 0.745. The molecule has 0 bridgehead atoms. The summed E-state index contributed by atoms with van der Waals surface area (Å²) in [5.74, 6) is 0. The number of hydrogen-bond donors (Lipinski definition) is 1. The van der Waals surface area contributed by atoms with E-state index in [-0.39, 0.29) is 0 Å². The molecule has 2 aromatic carbocycles. The maximum atomic E-state index is 3.64. The van der Waals surface area contributed by atoms with Gasteiger partial charge in [-0.1, -0.05) is 50.2 Å². The van der Waals surface area contributed by atoms with Gasteiger partial charge in [0.05, 0.1) is 0 Å². The predicted molar refractivity (Wildman–Crippen MR) is 92.7 cm³/mol. The average Bonchev–Trinajstić information content (AvgIpc) is 2.51. The molecule has 0 aliphatic heterocycles. The largest absolute Gasteiger partial charge is 0.310 e. The summed E-state index contributed by atoms with van der Waals surface area (Å²) >= 11 is 0. The molecule has 0 amide bonds. The Morgan fingerprint density at radius 3 is 2.48 bits per heavy atom. The van der Waals surface area contributed by atoms with Gasteiger partial charge in [-0.15, -0.1) is 0 Å². The third-order valence-corrected chi connectivity index (χ3v) is 4.25. The van der Waals surface area contributed by atoms with E-state index in [0.717, 1.165) is 13.0 Å². The van der Waals surface area contributed by atoms with Crippen LogP contribution in [0.4, 0.5) is 0 Å². The van der Waals surface area contributed by atoms with E-state index in [1.807, 2.05) is 0 Å². The van der Waals surface area contributed by atoms with Gasteiger partial charge in [0.1, 0.15) is 0 Å². The summed E-state index contributed by atoms with van der Waals surface area (Å²) in [6, 6.07) is 16.0. The minimum atomic E-state index is 0.454. The minimum Gasteiger partial charge on any atom is -0.310 e.